The third-order valence-electron chi connectivity index (χ3n) is 4.08. The Bertz CT molecular complexity index is 674. The minimum atomic E-state index is -0.104. The lowest BCUT2D eigenvalue weighted by Crippen LogP contribution is -2.19. The van der Waals surface area contributed by atoms with Crippen LogP contribution in [0.25, 0.3) is 0 Å². The molecule has 0 bridgehead atoms. The first kappa shape index (κ1) is 16.9. The van der Waals surface area contributed by atoms with E-state index in [4.69, 9.17) is 4.74 Å². The molecule has 0 saturated heterocycles. The second-order valence-corrected chi connectivity index (χ2v) is 8.57. The van der Waals surface area contributed by atoms with Gasteiger partial charge in [0.15, 0.2) is 5.78 Å². The first-order valence-electron chi connectivity index (χ1n) is 7.53. The van der Waals surface area contributed by atoms with Crippen molar-refractivity contribution >= 4 is 21.9 Å². The van der Waals surface area contributed by atoms with E-state index in [1.165, 1.54) is 0 Å². The minimum absolute atomic E-state index is 0.00292. The topological polar surface area (TPSA) is 43.4 Å². The maximum absolute atomic E-state index is 12.5. The fourth-order valence-corrected chi connectivity index (χ4v) is 2.88. The molecule has 2 rings (SSSR count). The lowest BCUT2D eigenvalue weighted by molar-refractivity contribution is 0.100. The van der Waals surface area contributed by atoms with Crippen molar-refractivity contribution in [2.75, 3.05) is 6.61 Å². The van der Waals surface area contributed by atoms with Crippen molar-refractivity contribution < 1.29 is 13.7 Å². The molecule has 0 radical (unpaired) electrons. The number of hydrogen-bond acceptors (Lipinski definition) is 3. The fraction of sp³-hybridized carbons (Fsp3) is 0.556. The predicted octanol–water partition coefficient (Wildman–Crippen LogP) is 3.63. The summed E-state index contributed by atoms with van der Waals surface area (Å²) in [6, 6.07) is 3.88. The maximum Gasteiger partial charge on any atom is 0.167 e. The van der Waals surface area contributed by atoms with Crippen molar-refractivity contribution in [3.63, 3.8) is 0 Å². The highest BCUT2D eigenvalue weighted by Crippen LogP contribution is 2.45. The zero-order chi connectivity index (χ0) is 16.7. The Kier molecular flexibility index (Phi) is 4.35. The van der Waals surface area contributed by atoms with Gasteiger partial charge in [0.05, 0.1) is 17.9 Å². The summed E-state index contributed by atoms with van der Waals surface area (Å²) < 4.78 is 16.8. The lowest BCUT2D eigenvalue weighted by atomic mass is 9.79. The van der Waals surface area contributed by atoms with Gasteiger partial charge < -0.3 is 4.74 Å². The summed E-state index contributed by atoms with van der Waals surface area (Å²) in [4.78, 5) is 13.1. The highest BCUT2D eigenvalue weighted by atomic mass is 32.1. The van der Waals surface area contributed by atoms with Gasteiger partial charge in [-0.05, 0) is 24.5 Å². The van der Waals surface area contributed by atoms with Gasteiger partial charge in [0.1, 0.15) is 5.75 Å². The van der Waals surface area contributed by atoms with Crippen molar-refractivity contribution in [1.29, 1.82) is 0 Å². The molecule has 0 N–H and O–H groups in total. The van der Waals surface area contributed by atoms with Gasteiger partial charge in [-0.25, -0.2) is 4.21 Å². The Morgan fingerprint density at radius 2 is 1.95 bits per heavy atom. The Balaban J connectivity index is 2.59. The molecule has 1 heterocycles. The molecule has 0 aromatic heterocycles. The summed E-state index contributed by atoms with van der Waals surface area (Å²) in [5, 5.41) is 0. The van der Waals surface area contributed by atoms with E-state index in [0.717, 1.165) is 16.9 Å². The molecule has 0 unspecified atom stereocenters. The van der Waals surface area contributed by atoms with E-state index >= 15 is 0 Å². The second kappa shape index (κ2) is 5.65. The number of benzene rings is 1. The highest BCUT2D eigenvalue weighted by molar-refractivity contribution is 7.66. The predicted molar refractivity (Wildman–Crippen MR) is 91.4 cm³/mol. The summed E-state index contributed by atoms with van der Waals surface area (Å²) in [5.41, 5.74) is 2.63. The van der Waals surface area contributed by atoms with Crippen LogP contribution in [0, 0.1) is 0 Å². The van der Waals surface area contributed by atoms with Crippen LogP contribution in [-0.4, -0.2) is 21.5 Å². The van der Waals surface area contributed by atoms with Gasteiger partial charge >= 0.3 is 0 Å². The highest BCUT2D eigenvalue weighted by Gasteiger charge is 2.36. The molecule has 4 heteroatoms. The van der Waals surface area contributed by atoms with E-state index in [1.807, 2.05) is 12.1 Å². The molecule has 120 valence electrons. The van der Waals surface area contributed by atoms with E-state index in [1.54, 1.807) is 6.92 Å². The van der Waals surface area contributed by atoms with E-state index in [9.17, 15) is 9.00 Å². The van der Waals surface area contributed by atoms with Crippen LogP contribution in [-0.2, 0) is 22.1 Å². The van der Waals surface area contributed by atoms with Crippen LogP contribution >= 0.6 is 0 Å². The number of carbonyl (C=O) groups is 1. The van der Waals surface area contributed by atoms with Crippen molar-refractivity contribution in [3.8, 4) is 5.75 Å². The summed E-state index contributed by atoms with van der Waals surface area (Å²) >= 11 is 0.404. The van der Waals surface area contributed by atoms with Crippen molar-refractivity contribution in [2.45, 2.75) is 58.8 Å². The van der Waals surface area contributed by atoms with Gasteiger partial charge in [-0.15, -0.1) is 0 Å². The van der Waals surface area contributed by atoms with Crippen molar-refractivity contribution in [1.82, 2.24) is 0 Å². The first-order valence-corrected chi connectivity index (χ1v) is 8.27. The molecule has 0 atom stereocenters. The monoisotopic (exact) mass is 320 g/mol. The summed E-state index contributed by atoms with van der Waals surface area (Å²) in [7, 11) is 0. The minimum Gasteiger partial charge on any atom is -0.492 e. The first-order chi connectivity index (χ1) is 10.1. The number of fused-ring (bicyclic) bond motifs is 1. The second-order valence-electron chi connectivity index (χ2n) is 7.71. The molecule has 1 aromatic rings. The van der Waals surface area contributed by atoms with Gasteiger partial charge in [0.25, 0.3) is 0 Å². The molecule has 22 heavy (non-hydrogen) atoms. The van der Waals surface area contributed by atoms with E-state index in [-0.39, 0.29) is 23.0 Å². The number of ether oxygens (including phenoxy) is 1. The Hall–Kier alpha value is -1.42. The van der Waals surface area contributed by atoms with E-state index in [0.29, 0.717) is 28.3 Å². The van der Waals surface area contributed by atoms with Crippen LogP contribution in [0.15, 0.2) is 12.1 Å². The van der Waals surface area contributed by atoms with Crippen molar-refractivity contribution in [3.05, 3.63) is 28.8 Å². The average Bonchev–Trinajstić information content (AvgIpc) is 2.72. The Morgan fingerprint density at radius 3 is 2.50 bits per heavy atom. The van der Waals surface area contributed by atoms with Gasteiger partial charge in [-0.1, -0.05) is 34.6 Å². The molecule has 0 saturated carbocycles. The standard InChI is InChI=1S/C18H24O3S/c1-11(22-20)7-15(19)12-8-13(17(2,3)4)16-14(9-12)18(5,6)10-21-16/h8-9H,7,10H2,1-6H3. The molecular formula is C18H24O3S. The van der Waals surface area contributed by atoms with E-state index in [2.05, 4.69) is 34.6 Å². The van der Waals surface area contributed by atoms with Gasteiger partial charge in [0, 0.05) is 33.4 Å². The molecule has 0 amide bonds. The Morgan fingerprint density at radius 1 is 1.32 bits per heavy atom. The lowest BCUT2D eigenvalue weighted by Gasteiger charge is -2.24. The average molecular weight is 320 g/mol. The molecule has 0 fully saturated rings. The largest absolute Gasteiger partial charge is 0.492 e. The molecule has 1 aliphatic rings. The molecule has 0 spiro atoms. The number of carbonyl (C=O) groups excluding carboxylic acids is 1. The van der Waals surface area contributed by atoms with Crippen LogP contribution in [0.2, 0.25) is 0 Å². The SMILES string of the molecule is CC(CC(=O)c1cc(C(C)(C)C)c2c(c1)C(C)(C)CO2)=S=O. The van der Waals surface area contributed by atoms with Gasteiger partial charge in [-0.2, -0.15) is 0 Å². The van der Waals surface area contributed by atoms with Crippen molar-refractivity contribution in [2.24, 2.45) is 0 Å². The molecular weight excluding hydrogens is 296 g/mol. The quantitative estimate of drug-likeness (QED) is 0.631. The molecule has 0 aliphatic carbocycles. The fourth-order valence-electron chi connectivity index (χ4n) is 2.69. The molecule has 1 aromatic carbocycles. The normalized spacial score (nSPS) is 15.9. The van der Waals surface area contributed by atoms with E-state index < -0.39 is 0 Å². The number of hydrogen-bond donors (Lipinski definition) is 0. The van der Waals surface area contributed by atoms with Crippen LogP contribution in [0.3, 0.4) is 0 Å². The van der Waals surface area contributed by atoms with Crippen LogP contribution < -0.4 is 4.74 Å². The Labute approximate surface area is 136 Å². The maximum atomic E-state index is 12.5. The summed E-state index contributed by atoms with van der Waals surface area (Å²) in [5.74, 6) is 0.921. The van der Waals surface area contributed by atoms with Gasteiger partial charge in [-0.3, -0.25) is 4.79 Å². The number of rotatable bonds is 3. The number of ketones is 1. The summed E-state index contributed by atoms with van der Waals surface area (Å²) in [6.07, 6.45) is 0.192. The zero-order valence-corrected chi connectivity index (χ0v) is 15.0. The van der Waals surface area contributed by atoms with Crippen LogP contribution in [0.5, 0.6) is 5.75 Å². The van der Waals surface area contributed by atoms with Crippen LogP contribution in [0.4, 0.5) is 0 Å². The third kappa shape index (κ3) is 3.17. The smallest absolute Gasteiger partial charge is 0.167 e. The van der Waals surface area contributed by atoms with Crippen LogP contribution in [0.1, 0.15) is 69.4 Å². The third-order valence-corrected chi connectivity index (χ3v) is 4.51. The number of Topliss-reactive ketones (excluding diaryl/α,β-unsaturated/α-hetero) is 1. The zero-order valence-electron chi connectivity index (χ0n) is 14.2. The molecule has 1 aliphatic heterocycles. The van der Waals surface area contributed by atoms with Gasteiger partial charge in [0.2, 0.25) is 0 Å². The molecule has 3 nitrogen and oxygen atoms in total. The summed E-state index contributed by atoms with van der Waals surface area (Å²) in [6.45, 7) is 13.0.